The molecule has 0 unspecified atom stereocenters. The van der Waals surface area contributed by atoms with Gasteiger partial charge in [-0.15, -0.1) is 0 Å². The van der Waals surface area contributed by atoms with Gasteiger partial charge in [-0.25, -0.2) is 9.37 Å². The van der Waals surface area contributed by atoms with Crippen LogP contribution < -0.4 is 14.8 Å². The number of rotatable bonds is 8. The van der Waals surface area contributed by atoms with Gasteiger partial charge in [-0.1, -0.05) is 12.1 Å². The van der Waals surface area contributed by atoms with E-state index in [0.717, 1.165) is 11.1 Å². The Bertz CT molecular complexity index is 890. The maximum Gasteiger partial charge on any atom is 0.321 e. The first kappa shape index (κ1) is 18.5. The van der Waals surface area contributed by atoms with Gasteiger partial charge >= 0.3 is 6.01 Å². The lowest BCUT2D eigenvalue weighted by Gasteiger charge is -2.09. The Morgan fingerprint density at radius 2 is 1.85 bits per heavy atom. The van der Waals surface area contributed by atoms with Crippen molar-refractivity contribution in [3.8, 4) is 11.9 Å². The average molecular weight is 369 g/mol. The molecule has 0 bridgehead atoms. The van der Waals surface area contributed by atoms with E-state index >= 15 is 0 Å². The third-order valence-corrected chi connectivity index (χ3v) is 3.67. The molecule has 0 aliphatic carbocycles. The van der Waals surface area contributed by atoms with Crippen molar-refractivity contribution < 1.29 is 13.9 Å². The van der Waals surface area contributed by atoms with E-state index in [0.29, 0.717) is 37.2 Å². The minimum absolute atomic E-state index is 0.255. The van der Waals surface area contributed by atoms with Crippen molar-refractivity contribution in [2.75, 3.05) is 19.0 Å². The molecule has 7 nitrogen and oxygen atoms in total. The van der Waals surface area contributed by atoms with E-state index in [4.69, 9.17) is 9.47 Å². The molecule has 0 aliphatic heterocycles. The Balaban J connectivity index is 1.77. The predicted octanol–water partition coefficient (Wildman–Crippen LogP) is 3.02. The van der Waals surface area contributed by atoms with E-state index in [1.165, 1.54) is 12.1 Å². The van der Waals surface area contributed by atoms with E-state index < -0.39 is 0 Å². The molecule has 0 saturated heterocycles. The Labute approximate surface area is 156 Å². The molecule has 1 N–H and O–H groups in total. The van der Waals surface area contributed by atoms with E-state index in [9.17, 15) is 4.39 Å². The maximum absolute atomic E-state index is 13.0. The van der Waals surface area contributed by atoms with Crippen LogP contribution in [-0.4, -0.2) is 33.7 Å². The predicted molar refractivity (Wildman–Crippen MR) is 98.3 cm³/mol. The van der Waals surface area contributed by atoms with Crippen molar-refractivity contribution in [1.82, 2.24) is 19.9 Å². The third-order valence-electron chi connectivity index (χ3n) is 3.67. The molecule has 0 aliphatic rings. The number of pyridine rings is 1. The zero-order chi connectivity index (χ0) is 19.1. The topological polar surface area (TPSA) is 82.1 Å². The lowest BCUT2D eigenvalue weighted by Crippen LogP contribution is -2.10. The summed E-state index contributed by atoms with van der Waals surface area (Å²) < 4.78 is 23.6. The van der Waals surface area contributed by atoms with Crippen molar-refractivity contribution in [2.45, 2.75) is 19.9 Å². The molecule has 3 rings (SSSR count). The third kappa shape index (κ3) is 5.34. The van der Waals surface area contributed by atoms with Gasteiger partial charge in [-0.3, -0.25) is 0 Å². The van der Waals surface area contributed by atoms with Crippen molar-refractivity contribution in [2.24, 2.45) is 0 Å². The highest BCUT2D eigenvalue weighted by molar-refractivity contribution is 5.31. The molecule has 0 saturated carbocycles. The van der Waals surface area contributed by atoms with Crippen LogP contribution in [0.1, 0.15) is 23.9 Å². The quantitative estimate of drug-likeness (QED) is 0.653. The van der Waals surface area contributed by atoms with Gasteiger partial charge in [0.05, 0.1) is 13.7 Å². The molecular formula is C19H20FN5O2. The van der Waals surface area contributed by atoms with Gasteiger partial charge in [-0.2, -0.15) is 15.0 Å². The van der Waals surface area contributed by atoms with Crippen LogP contribution >= 0.6 is 0 Å². The Kier molecular flexibility index (Phi) is 6.09. The number of nitrogens with one attached hydrogen (secondary N) is 1. The average Bonchev–Trinajstić information content (AvgIpc) is 2.68. The second-order valence-corrected chi connectivity index (χ2v) is 5.65. The highest BCUT2D eigenvalue weighted by Crippen LogP contribution is 2.15. The number of hydrogen-bond acceptors (Lipinski definition) is 7. The lowest BCUT2D eigenvalue weighted by atomic mass is 10.2. The molecule has 2 heterocycles. The monoisotopic (exact) mass is 369 g/mol. The molecule has 27 heavy (non-hydrogen) atoms. The second kappa shape index (κ2) is 8.88. The molecule has 8 heteroatoms. The number of hydrogen-bond donors (Lipinski definition) is 1. The summed E-state index contributed by atoms with van der Waals surface area (Å²) in [4.78, 5) is 17.2. The van der Waals surface area contributed by atoms with Crippen LogP contribution in [0.3, 0.4) is 0 Å². The first-order valence-electron chi connectivity index (χ1n) is 8.51. The van der Waals surface area contributed by atoms with E-state index in [2.05, 4.69) is 25.3 Å². The number of anilines is 1. The zero-order valence-corrected chi connectivity index (χ0v) is 15.1. The smallest absolute Gasteiger partial charge is 0.321 e. The van der Waals surface area contributed by atoms with Crippen LogP contribution in [0.2, 0.25) is 0 Å². The number of halogens is 1. The molecular weight excluding hydrogens is 349 g/mol. The number of benzene rings is 1. The second-order valence-electron chi connectivity index (χ2n) is 5.65. The summed E-state index contributed by atoms with van der Waals surface area (Å²) in [6, 6.07) is 10.2. The molecule has 2 aromatic heterocycles. The Morgan fingerprint density at radius 1 is 1.04 bits per heavy atom. The van der Waals surface area contributed by atoms with Crippen LogP contribution in [0.5, 0.6) is 11.9 Å². The molecule has 1 aromatic carbocycles. The molecule has 0 spiro atoms. The fourth-order valence-electron chi connectivity index (χ4n) is 2.39. The molecule has 140 valence electrons. The van der Waals surface area contributed by atoms with Crippen molar-refractivity contribution in [1.29, 1.82) is 0 Å². The summed E-state index contributed by atoms with van der Waals surface area (Å²) in [6.45, 7) is 2.77. The van der Waals surface area contributed by atoms with Crippen molar-refractivity contribution in [3.63, 3.8) is 0 Å². The largest absolute Gasteiger partial charge is 0.481 e. The first-order chi connectivity index (χ1) is 13.2. The first-order valence-corrected chi connectivity index (χ1v) is 8.51. The van der Waals surface area contributed by atoms with Gasteiger partial charge in [0.1, 0.15) is 11.6 Å². The lowest BCUT2D eigenvalue weighted by molar-refractivity contribution is 0.310. The van der Waals surface area contributed by atoms with Crippen LogP contribution in [0.25, 0.3) is 0 Å². The van der Waals surface area contributed by atoms with Gasteiger partial charge < -0.3 is 14.8 Å². The van der Waals surface area contributed by atoms with Gasteiger partial charge in [0, 0.05) is 25.2 Å². The van der Waals surface area contributed by atoms with E-state index in [1.807, 2.05) is 19.1 Å². The highest BCUT2D eigenvalue weighted by Gasteiger charge is 2.09. The van der Waals surface area contributed by atoms with Gasteiger partial charge in [0.2, 0.25) is 11.8 Å². The molecule has 0 radical (unpaired) electrons. The fraction of sp³-hybridized carbons (Fsp3) is 0.263. The molecule has 0 amide bonds. The Morgan fingerprint density at radius 3 is 2.59 bits per heavy atom. The van der Waals surface area contributed by atoms with Crippen LogP contribution in [-0.2, 0) is 13.0 Å². The van der Waals surface area contributed by atoms with E-state index in [-0.39, 0.29) is 11.8 Å². The number of nitrogens with zero attached hydrogens (tertiary/aromatic N) is 4. The molecule has 0 atom stereocenters. The van der Waals surface area contributed by atoms with Crippen molar-refractivity contribution >= 4 is 5.95 Å². The number of ether oxygens (including phenoxy) is 2. The standard InChI is InChI=1S/C19H20FN5O2/c1-3-27-19-24-16(10-14-8-9-21-17(11-14)26-2)23-18(25-19)22-12-13-4-6-15(20)7-5-13/h4-9,11H,3,10,12H2,1-2H3,(H,22,23,24,25). The molecule has 3 aromatic rings. The summed E-state index contributed by atoms with van der Waals surface area (Å²) in [5.74, 6) is 1.21. The maximum atomic E-state index is 13.0. The van der Waals surface area contributed by atoms with Gasteiger partial charge in [0.25, 0.3) is 0 Å². The van der Waals surface area contributed by atoms with Gasteiger partial charge in [-0.05, 0) is 36.2 Å². The Hall–Kier alpha value is -3.29. The minimum Gasteiger partial charge on any atom is -0.481 e. The van der Waals surface area contributed by atoms with Crippen LogP contribution in [0.4, 0.5) is 10.3 Å². The van der Waals surface area contributed by atoms with Crippen molar-refractivity contribution in [3.05, 3.63) is 65.4 Å². The van der Waals surface area contributed by atoms with Crippen LogP contribution in [0, 0.1) is 5.82 Å². The fourth-order valence-corrected chi connectivity index (χ4v) is 2.39. The normalized spacial score (nSPS) is 10.5. The summed E-state index contributed by atoms with van der Waals surface area (Å²) in [5.41, 5.74) is 1.87. The zero-order valence-electron chi connectivity index (χ0n) is 15.1. The van der Waals surface area contributed by atoms with E-state index in [1.54, 1.807) is 25.4 Å². The van der Waals surface area contributed by atoms with Gasteiger partial charge in [0.15, 0.2) is 0 Å². The summed E-state index contributed by atoms with van der Waals surface area (Å²) >= 11 is 0. The number of methoxy groups -OCH3 is 1. The highest BCUT2D eigenvalue weighted by atomic mass is 19.1. The summed E-state index contributed by atoms with van der Waals surface area (Å²) in [6.07, 6.45) is 2.15. The minimum atomic E-state index is -0.271. The summed E-state index contributed by atoms with van der Waals surface area (Å²) in [5, 5.41) is 3.13. The SMILES string of the molecule is CCOc1nc(Cc2ccnc(OC)c2)nc(NCc2ccc(F)cc2)n1. The number of aromatic nitrogens is 4. The molecule has 0 fully saturated rings. The summed E-state index contributed by atoms with van der Waals surface area (Å²) in [7, 11) is 1.57. The van der Waals surface area contributed by atoms with Crippen LogP contribution in [0.15, 0.2) is 42.6 Å².